The number of nitrogens with zero attached hydrogens (tertiary/aromatic N) is 4. The van der Waals surface area contributed by atoms with Gasteiger partial charge in [-0.05, 0) is 24.6 Å². The molecule has 1 atom stereocenters. The van der Waals surface area contributed by atoms with Gasteiger partial charge in [-0.1, -0.05) is 60.3 Å². The number of rotatable bonds is 8. The number of allylic oxidation sites excluding steroid dienone is 1. The molecule has 0 aliphatic rings. The molecule has 3 rings (SSSR count). The molecule has 5 nitrogen and oxygen atoms in total. The van der Waals surface area contributed by atoms with Crippen LogP contribution in [-0.2, 0) is 17.9 Å². The number of hydrogen-bond acceptors (Lipinski definition) is 4. The van der Waals surface area contributed by atoms with Crippen LogP contribution >= 0.6 is 11.8 Å². The summed E-state index contributed by atoms with van der Waals surface area (Å²) in [6.45, 7) is 6.54. The minimum Gasteiger partial charge on any atom is -0.340 e. The summed E-state index contributed by atoms with van der Waals surface area (Å²) >= 11 is 1.35. The van der Waals surface area contributed by atoms with Crippen LogP contribution in [0.5, 0.6) is 0 Å². The summed E-state index contributed by atoms with van der Waals surface area (Å²) in [5, 5.41) is 8.90. The second kappa shape index (κ2) is 9.52. The molecular formula is C22H23FN4OS. The predicted molar refractivity (Wildman–Crippen MR) is 114 cm³/mol. The molecule has 0 saturated carbocycles. The van der Waals surface area contributed by atoms with Crippen molar-refractivity contribution in [2.75, 3.05) is 7.05 Å². The number of carbonyl (C=O) groups is 1. The second-order valence-electron chi connectivity index (χ2n) is 6.66. The number of carbonyl (C=O) groups excluding carboxylic acids is 1. The molecule has 150 valence electrons. The first kappa shape index (κ1) is 20.8. The van der Waals surface area contributed by atoms with Crippen molar-refractivity contribution in [3.63, 3.8) is 0 Å². The third-order valence-electron chi connectivity index (χ3n) is 4.38. The Morgan fingerprint density at radius 2 is 2.00 bits per heavy atom. The molecule has 3 aromatic rings. The Labute approximate surface area is 174 Å². The lowest BCUT2D eigenvalue weighted by Gasteiger charge is -2.21. The molecule has 0 bridgehead atoms. The van der Waals surface area contributed by atoms with Gasteiger partial charge in [0, 0.05) is 25.7 Å². The lowest BCUT2D eigenvalue weighted by atomic mass is 10.2. The minimum atomic E-state index is -0.370. The van der Waals surface area contributed by atoms with Crippen molar-refractivity contribution in [3.8, 4) is 11.4 Å². The van der Waals surface area contributed by atoms with Gasteiger partial charge in [0.15, 0.2) is 11.0 Å². The third-order valence-corrected chi connectivity index (χ3v) is 5.44. The van der Waals surface area contributed by atoms with Crippen LogP contribution in [0.4, 0.5) is 4.39 Å². The maximum Gasteiger partial charge on any atom is 0.235 e. The molecule has 0 aliphatic carbocycles. The normalized spacial score (nSPS) is 11.8. The van der Waals surface area contributed by atoms with Crippen LogP contribution in [0, 0.1) is 5.82 Å². The number of benzene rings is 2. The van der Waals surface area contributed by atoms with E-state index in [0.717, 1.165) is 17.0 Å². The molecule has 1 aromatic heterocycles. The van der Waals surface area contributed by atoms with Crippen molar-refractivity contribution in [2.45, 2.75) is 30.4 Å². The van der Waals surface area contributed by atoms with Gasteiger partial charge in [-0.25, -0.2) is 4.39 Å². The van der Waals surface area contributed by atoms with Crippen LogP contribution in [0.25, 0.3) is 11.4 Å². The maximum atomic E-state index is 13.4. The molecule has 7 heteroatoms. The lowest BCUT2D eigenvalue weighted by molar-refractivity contribution is -0.129. The summed E-state index contributed by atoms with van der Waals surface area (Å²) in [5.41, 5.74) is 1.70. The summed E-state index contributed by atoms with van der Waals surface area (Å²) in [6.07, 6.45) is 1.78. The molecule has 0 unspecified atom stereocenters. The van der Waals surface area contributed by atoms with Crippen LogP contribution in [0.1, 0.15) is 12.5 Å². The SMILES string of the molecule is C=CCn1c(S[C@@H](C)C(=O)N(C)Cc2cccc(F)c2)nnc1-c1ccccc1. The monoisotopic (exact) mass is 410 g/mol. The van der Waals surface area contributed by atoms with Gasteiger partial charge in [0.05, 0.1) is 5.25 Å². The molecule has 0 radical (unpaired) electrons. The van der Waals surface area contributed by atoms with Gasteiger partial charge in [-0.2, -0.15) is 0 Å². The fraction of sp³-hybridized carbons (Fsp3) is 0.227. The third kappa shape index (κ3) is 5.12. The molecule has 0 saturated heterocycles. The Morgan fingerprint density at radius 3 is 2.69 bits per heavy atom. The first-order valence-electron chi connectivity index (χ1n) is 9.25. The maximum absolute atomic E-state index is 13.4. The smallest absolute Gasteiger partial charge is 0.235 e. The van der Waals surface area contributed by atoms with Gasteiger partial charge in [0.1, 0.15) is 5.82 Å². The van der Waals surface area contributed by atoms with E-state index in [1.807, 2.05) is 41.8 Å². The Bertz CT molecular complexity index is 989. The van der Waals surface area contributed by atoms with Crippen molar-refractivity contribution >= 4 is 17.7 Å². The van der Waals surface area contributed by atoms with Crippen LogP contribution in [0.3, 0.4) is 0 Å². The summed E-state index contributed by atoms with van der Waals surface area (Å²) in [5.74, 6) is 0.367. The number of halogens is 1. The van der Waals surface area contributed by atoms with E-state index in [-0.39, 0.29) is 17.0 Å². The first-order chi connectivity index (χ1) is 14.0. The quantitative estimate of drug-likeness (QED) is 0.408. The summed E-state index contributed by atoms with van der Waals surface area (Å²) in [4.78, 5) is 14.4. The number of thioether (sulfide) groups is 1. The fourth-order valence-corrected chi connectivity index (χ4v) is 3.95. The van der Waals surface area contributed by atoms with Gasteiger partial charge < -0.3 is 4.90 Å². The van der Waals surface area contributed by atoms with E-state index in [1.165, 1.54) is 23.9 Å². The van der Waals surface area contributed by atoms with Crippen LogP contribution in [0.2, 0.25) is 0 Å². The van der Waals surface area contributed by atoms with E-state index < -0.39 is 0 Å². The highest BCUT2D eigenvalue weighted by Gasteiger charge is 2.23. The minimum absolute atomic E-state index is 0.0614. The van der Waals surface area contributed by atoms with Crippen molar-refractivity contribution in [2.24, 2.45) is 0 Å². The van der Waals surface area contributed by atoms with E-state index in [4.69, 9.17) is 0 Å². The zero-order chi connectivity index (χ0) is 20.8. The second-order valence-corrected chi connectivity index (χ2v) is 7.96. The summed E-state index contributed by atoms with van der Waals surface area (Å²) in [6, 6.07) is 16.1. The largest absolute Gasteiger partial charge is 0.340 e. The molecule has 0 aliphatic heterocycles. The van der Waals surface area contributed by atoms with Crippen LogP contribution < -0.4 is 0 Å². The molecule has 2 aromatic carbocycles. The predicted octanol–water partition coefficient (Wildman–Crippen LogP) is 4.41. The number of amides is 1. The fourth-order valence-electron chi connectivity index (χ4n) is 2.98. The van der Waals surface area contributed by atoms with E-state index in [2.05, 4.69) is 16.8 Å². The van der Waals surface area contributed by atoms with Gasteiger partial charge in [0.2, 0.25) is 5.91 Å². The van der Waals surface area contributed by atoms with E-state index >= 15 is 0 Å². The van der Waals surface area contributed by atoms with Gasteiger partial charge in [-0.15, -0.1) is 16.8 Å². The van der Waals surface area contributed by atoms with E-state index in [9.17, 15) is 9.18 Å². The lowest BCUT2D eigenvalue weighted by Crippen LogP contribution is -2.33. The van der Waals surface area contributed by atoms with Crippen molar-refractivity contribution < 1.29 is 9.18 Å². The van der Waals surface area contributed by atoms with Crippen molar-refractivity contribution in [1.82, 2.24) is 19.7 Å². The standard InChI is InChI=1S/C22H23FN4OS/c1-4-13-27-20(18-10-6-5-7-11-18)24-25-22(27)29-16(2)21(28)26(3)15-17-9-8-12-19(23)14-17/h4-12,14,16H,1,13,15H2,2-3H3/t16-/m0/s1. The highest BCUT2D eigenvalue weighted by molar-refractivity contribution is 8.00. The molecule has 1 heterocycles. The Kier molecular flexibility index (Phi) is 6.82. The highest BCUT2D eigenvalue weighted by atomic mass is 32.2. The Hall–Kier alpha value is -2.93. The zero-order valence-corrected chi connectivity index (χ0v) is 17.3. The van der Waals surface area contributed by atoms with E-state index in [1.54, 1.807) is 30.2 Å². The van der Waals surface area contributed by atoms with Crippen molar-refractivity contribution in [1.29, 1.82) is 0 Å². The summed E-state index contributed by atoms with van der Waals surface area (Å²) in [7, 11) is 1.72. The van der Waals surface area contributed by atoms with Gasteiger partial charge >= 0.3 is 0 Å². The van der Waals surface area contributed by atoms with E-state index in [0.29, 0.717) is 18.2 Å². The highest BCUT2D eigenvalue weighted by Crippen LogP contribution is 2.27. The Morgan fingerprint density at radius 1 is 1.24 bits per heavy atom. The molecule has 0 N–H and O–H groups in total. The van der Waals surface area contributed by atoms with Gasteiger partial charge in [-0.3, -0.25) is 9.36 Å². The van der Waals surface area contributed by atoms with Crippen LogP contribution in [-0.4, -0.2) is 37.9 Å². The molecule has 29 heavy (non-hydrogen) atoms. The average Bonchev–Trinajstić information content (AvgIpc) is 3.10. The summed E-state index contributed by atoms with van der Waals surface area (Å²) < 4.78 is 15.3. The molecule has 0 spiro atoms. The molecular weight excluding hydrogens is 387 g/mol. The topological polar surface area (TPSA) is 51.0 Å². The van der Waals surface area contributed by atoms with Gasteiger partial charge in [0.25, 0.3) is 0 Å². The zero-order valence-electron chi connectivity index (χ0n) is 16.5. The number of hydrogen-bond donors (Lipinski definition) is 0. The number of aromatic nitrogens is 3. The van der Waals surface area contributed by atoms with Crippen molar-refractivity contribution in [3.05, 3.63) is 78.6 Å². The Balaban J connectivity index is 1.74. The first-order valence-corrected chi connectivity index (χ1v) is 10.1. The molecule has 1 amide bonds. The molecule has 0 fully saturated rings. The average molecular weight is 411 g/mol. The van der Waals surface area contributed by atoms with Crippen LogP contribution in [0.15, 0.2) is 72.4 Å².